The average molecular weight is 445 g/mol. The van der Waals surface area contributed by atoms with Crippen LogP contribution in [0.5, 0.6) is 0 Å². The van der Waals surface area contributed by atoms with Gasteiger partial charge in [-0.25, -0.2) is 9.59 Å². The van der Waals surface area contributed by atoms with Crippen molar-refractivity contribution in [2.75, 3.05) is 0 Å². The predicted octanol–water partition coefficient (Wildman–Crippen LogP) is 7.10. The molecule has 0 spiro atoms. The van der Waals surface area contributed by atoms with Crippen molar-refractivity contribution in [3.8, 4) is 0 Å². The Morgan fingerprint density at radius 2 is 0.806 bits per heavy atom. The van der Waals surface area contributed by atoms with Crippen molar-refractivity contribution in [1.29, 1.82) is 0 Å². The fourth-order valence-corrected chi connectivity index (χ4v) is 4.08. The first-order valence-electron chi connectivity index (χ1n) is 11.7. The first-order chi connectivity index (χ1) is 13.9. The van der Waals surface area contributed by atoms with Crippen molar-refractivity contribution < 1.29 is 29.1 Å². The third kappa shape index (κ3) is 19.3. The van der Waals surface area contributed by atoms with Gasteiger partial charge in [-0.15, -0.1) is 0 Å². The summed E-state index contributed by atoms with van der Waals surface area (Å²) in [6.45, 7) is 20.4. The Bertz CT molecular complexity index is 489. The first-order valence-corrected chi connectivity index (χ1v) is 11.7. The standard InChI is InChI=1S/C25H48O6/c1-22(2,3)18-24(7,8)30-28-20(26)16-14-12-11-13-15-17-21(27)29-31-25(9,10)19-23(4,5)6/h11-19H2,1-10H3. The molecule has 0 unspecified atom stereocenters. The van der Waals surface area contributed by atoms with E-state index in [1.807, 2.05) is 27.7 Å². The zero-order valence-electron chi connectivity index (χ0n) is 21.8. The maximum atomic E-state index is 11.9. The van der Waals surface area contributed by atoms with Crippen LogP contribution in [0.3, 0.4) is 0 Å². The second-order valence-electron chi connectivity index (χ2n) is 12.3. The Morgan fingerprint density at radius 3 is 1.10 bits per heavy atom. The summed E-state index contributed by atoms with van der Waals surface area (Å²) >= 11 is 0. The Labute approximate surface area is 190 Å². The van der Waals surface area contributed by atoms with Crippen molar-refractivity contribution in [3.05, 3.63) is 0 Å². The second-order valence-corrected chi connectivity index (χ2v) is 12.3. The fraction of sp³-hybridized carbons (Fsp3) is 0.920. The Kier molecular flexibility index (Phi) is 12.3. The van der Waals surface area contributed by atoms with E-state index in [4.69, 9.17) is 19.6 Å². The van der Waals surface area contributed by atoms with Crippen LogP contribution in [0.15, 0.2) is 0 Å². The van der Waals surface area contributed by atoms with Crippen LogP contribution in [0, 0.1) is 10.8 Å². The fourth-order valence-electron chi connectivity index (χ4n) is 4.08. The minimum absolute atomic E-state index is 0.0943. The molecule has 31 heavy (non-hydrogen) atoms. The van der Waals surface area contributed by atoms with Crippen molar-refractivity contribution in [1.82, 2.24) is 0 Å². The molecule has 0 aromatic heterocycles. The van der Waals surface area contributed by atoms with Gasteiger partial charge in [0.1, 0.15) is 11.2 Å². The van der Waals surface area contributed by atoms with Gasteiger partial charge in [0.2, 0.25) is 0 Å². The molecule has 0 atom stereocenters. The lowest BCUT2D eigenvalue weighted by Gasteiger charge is -2.30. The Balaban J connectivity index is 3.81. The zero-order chi connectivity index (χ0) is 24.3. The van der Waals surface area contributed by atoms with Gasteiger partial charge in [0.25, 0.3) is 0 Å². The van der Waals surface area contributed by atoms with E-state index in [9.17, 15) is 9.59 Å². The van der Waals surface area contributed by atoms with Crippen molar-refractivity contribution in [2.24, 2.45) is 10.8 Å². The van der Waals surface area contributed by atoms with Gasteiger partial charge >= 0.3 is 11.9 Å². The second kappa shape index (κ2) is 12.8. The SMILES string of the molecule is CC(C)(C)CC(C)(C)OOC(=O)CCCCCCCC(=O)OOC(C)(C)CC(C)(C)C. The van der Waals surface area contributed by atoms with Gasteiger partial charge in [-0.05, 0) is 64.2 Å². The smallest absolute Gasteiger partial charge is 0.298 e. The van der Waals surface area contributed by atoms with Crippen LogP contribution in [-0.2, 0) is 29.1 Å². The van der Waals surface area contributed by atoms with Crippen LogP contribution in [-0.4, -0.2) is 23.1 Å². The molecule has 0 saturated carbocycles. The van der Waals surface area contributed by atoms with Crippen molar-refractivity contribution in [3.63, 3.8) is 0 Å². The summed E-state index contributed by atoms with van der Waals surface area (Å²) in [5.74, 6) is -0.666. The maximum absolute atomic E-state index is 11.9. The molecule has 0 aliphatic carbocycles. The number of hydrogen-bond acceptors (Lipinski definition) is 6. The highest BCUT2D eigenvalue weighted by atomic mass is 17.2. The molecule has 6 nitrogen and oxygen atoms in total. The molecule has 0 aliphatic rings. The van der Waals surface area contributed by atoms with Gasteiger partial charge in [-0.2, -0.15) is 9.78 Å². The van der Waals surface area contributed by atoms with E-state index in [0.29, 0.717) is 12.8 Å². The topological polar surface area (TPSA) is 71.1 Å². The third-order valence-electron chi connectivity index (χ3n) is 4.39. The summed E-state index contributed by atoms with van der Waals surface area (Å²) in [6.07, 6.45) is 6.51. The summed E-state index contributed by atoms with van der Waals surface area (Å²) in [7, 11) is 0. The van der Waals surface area contributed by atoms with E-state index in [2.05, 4.69) is 41.5 Å². The third-order valence-corrected chi connectivity index (χ3v) is 4.39. The highest BCUT2D eigenvalue weighted by Gasteiger charge is 2.29. The van der Waals surface area contributed by atoms with Gasteiger partial charge in [0.05, 0.1) is 0 Å². The highest BCUT2D eigenvalue weighted by Crippen LogP contribution is 2.30. The minimum Gasteiger partial charge on any atom is -0.298 e. The largest absolute Gasteiger partial charge is 0.342 e. The lowest BCUT2D eigenvalue weighted by molar-refractivity contribution is -0.329. The summed E-state index contributed by atoms with van der Waals surface area (Å²) in [5.41, 5.74) is -0.823. The Morgan fingerprint density at radius 1 is 0.516 bits per heavy atom. The Hall–Kier alpha value is -1.14. The number of carbonyl (C=O) groups is 2. The van der Waals surface area contributed by atoms with Crippen LogP contribution in [0.25, 0.3) is 0 Å². The van der Waals surface area contributed by atoms with E-state index < -0.39 is 11.2 Å². The number of rotatable bonds is 14. The molecule has 0 rings (SSSR count). The molecule has 6 heteroatoms. The summed E-state index contributed by atoms with van der Waals surface area (Å²) in [6, 6.07) is 0. The number of hydrogen-bond donors (Lipinski definition) is 0. The lowest BCUT2D eigenvalue weighted by atomic mass is 9.84. The summed E-state index contributed by atoms with van der Waals surface area (Å²) < 4.78 is 0. The van der Waals surface area contributed by atoms with Crippen LogP contribution >= 0.6 is 0 Å². The van der Waals surface area contributed by atoms with Gasteiger partial charge in [0, 0.05) is 12.8 Å². The van der Waals surface area contributed by atoms with Crippen molar-refractivity contribution in [2.45, 2.75) is 138 Å². The summed E-state index contributed by atoms with van der Waals surface area (Å²) in [5, 5.41) is 0. The highest BCUT2D eigenvalue weighted by molar-refractivity contribution is 5.68. The molecule has 184 valence electrons. The van der Waals surface area contributed by atoms with E-state index in [1.165, 1.54) is 0 Å². The average Bonchev–Trinajstić information content (AvgIpc) is 2.53. The number of unbranched alkanes of at least 4 members (excludes halogenated alkanes) is 4. The molecule has 0 aromatic carbocycles. The molecular formula is C25H48O6. The van der Waals surface area contributed by atoms with Crippen LogP contribution in [0.2, 0.25) is 0 Å². The molecule has 0 N–H and O–H groups in total. The van der Waals surface area contributed by atoms with E-state index in [1.54, 1.807) is 0 Å². The van der Waals surface area contributed by atoms with Gasteiger partial charge in [0.15, 0.2) is 0 Å². The molecule has 0 radical (unpaired) electrons. The molecule has 0 fully saturated rings. The number of carbonyl (C=O) groups excluding carboxylic acids is 2. The van der Waals surface area contributed by atoms with Crippen LogP contribution in [0.4, 0.5) is 0 Å². The van der Waals surface area contributed by atoms with E-state index in [0.717, 1.165) is 44.9 Å². The zero-order valence-corrected chi connectivity index (χ0v) is 21.8. The van der Waals surface area contributed by atoms with Gasteiger partial charge < -0.3 is 0 Å². The van der Waals surface area contributed by atoms with Gasteiger partial charge in [-0.3, -0.25) is 9.78 Å². The normalized spacial score (nSPS) is 13.2. The molecule has 0 amide bonds. The quantitative estimate of drug-likeness (QED) is 0.162. The van der Waals surface area contributed by atoms with E-state index >= 15 is 0 Å². The molecule has 0 aromatic rings. The maximum Gasteiger partial charge on any atom is 0.342 e. The predicted molar refractivity (Wildman–Crippen MR) is 123 cm³/mol. The van der Waals surface area contributed by atoms with Crippen molar-refractivity contribution >= 4 is 11.9 Å². The van der Waals surface area contributed by atoms with Gasteiger partial charge in [-0.1, -0.05) is 60.8 Å². The van der Waals surface area contributed by atoms with Crippen LogP contribution < -0.4 is 0 Å². The molecule has 0 aliphatic heterocycles. The van der Waals surface area contributed by atoms with E-state index in [-0.39, 0.29) is 22.8 Å². The molecule has 0 saturated heterocycles. The monoisotopic (exact) mass is 444 g/mol. The summed E-state index contributed by atoms with van der Waals surface area (Å²) in [4.78, 5) is 44.4. The lowest BCUT2D eigenvalue weighted by Crippen LogP contribution is -2.31. The molecule has 0 heterocycles. The first kappa shape index (κ1) is 29.9. The minimum atomic E-state index is -0.506. The molecule has 0 bridgehead atoms. The van der Waals surface area contributed by atoms with Crippen LogP contribution in [0.1, 0.15) is 127 Å². The molecular weight excluding hydrogens is 396 g/mol.